The Bertz CT molecular complexity index is 1300. The number of pyridine rings is 2. The van der Waals surface area contributed by atoms with Gasteiger partial charge in [-0.1, -0.05) is 6.07 Å². The summed E-state index contributed by atoms with van der Waals surface area (Å²) in [6.45, 7) is 4.97. The molecule has 2 aliphatic rings. The quantitative estimate of drug-likeness (QED) is 0.429. The van der Waals surface area contributed by atoms with Crippen LogP contribution in [0.2, 0.25) is 0 Å². The summed E-state index contributed by atoms with van der Waals surface area (Å²) in [7, 11) is 1.63. The van der Waals surface area contributed by atoms with Crippen LogP contribution in [0.4, 0.5) is 14.5 Å². The summed E-state index contributed by atoms with van der Waals surface area (Å²) in [5.74, 6) is -2.50. The fraction of sp³-hybridized carbons (Fsp3) is 0.261. The number of hydrazone groups is 1. The molecule has 1 aliphatic heterocycles. The van der Waals surface area contributed by atoms with E-state index in [1.54, 1.807) is 55.8 Å². The van der Waals surface area contributed by atoms with Crippen molar-refractivity contribution in [1.29, 1.82) is 0 Å². The van der Waals surface area contributed by atoms with Crippen molar-refractivity contribution < 1.29 is 13.6 Å². The Morgan fingerprint density at radius 2 is 2.09 bits per heavy atom. The van der Waals surface area contributed by atoms with Crippen molar-refractivity contribution in [3.63, 3.8) is 0 Å². The van der Waals surface area contributed by atoms with E-state index in [4.69, 9.17) is 0 Å². The van der Waals surface area contributed by atoms with Crippen molar-refractivity contribution in [3.8, 4) is 5.82 Å². The minimum Gasteiger partial charge on any atom is -0.373 e. The van der Waals surface area contributed by atoms with E-state index in [9.17, 15) is 18.4 Å². The first-order valence-electron chi connectivity index (χ1n) is 10.8. The maximum atomic E-state index is 13.7. The number of alkyl halides is 2. The smallest absolute Gasteiger partial charge is 0.279 e. The molecule has 0 unspecified atom stereocenters. The Hall–Kier alpha value is -4.35. The topological polar surface area (TPSA) is 116 Å². The number of aromatic nitrogens is 2. The maximum absolute atomic E-state index is 13.7. The summed E-state index contributed by atoms with van der Waals surface area (Å²) in [4.78, 5) is 34.4. The highest BCUT2D eigenvalue weighted by molar-refractivity contribution is 6.06. The second kappa shape index (κ2) is 9.49. The second-order valence-electron chi connectivity index (χ2n) is 7.91. The minimum absolute atomic E-state index is 0.0548. The van der Waals surface area contributed by atoms with Gasteiger partial charge in [-0.2, -0.15) is 10.1 Å². The van der Waals surface area contributed by atoms with Gasteiger partial charge in [0.25, 0.3) is 17.4 Å². The third kappa shape index (κ3) is 4.67. The zero-order valence-electron chi connectivity index (χ0n) is 19.1. The predicted octanol–water partition coefficient (Wildman–Crippen LogP) is 2.18. The van der Waals surface area contributed by atoms with Crippen molar-refractivity contribution in [2.45, 2.75) is 31.7 Å². The van der Waals surface area contributed by atoms with E-state index in [0.29, 0.717) is 11.6 Å². The number of hydrogen-bond acceptors (Lipinski definition) is 8. The molecule has 3 heterocycles. The molecule has 2 aromatic rings. The highest BCUT2D eigenvalue weighted by Gasteiger charge is 2.49. The number of rotatable bonds is 6. The Kier molecular flexibility index (Phi) is 6.45. The highest BCUT2D eigenvalue weighted by Crippen LogP contribution is 2.37. The first-order valence-corrected chi connectivity index (χ1v) is 10.8. The molecular formula is C23H24F2N8O2. The SMILES string of the molecule is C=NN1C(NC)=CC(Nc2cccn(-c3ccccn3)c2=O)=N/C1=C(/C)C(=O)N[C@H]1CCC1(F)F. The number of nitrogens with zero attached hydrogens (tertiary/aromatic N) is 5. The van der Waals surface area contributed by atoms with Crippen molar-refractivity contribution in [2.75, 3.05) is 12.4 Å². The molecule has 10 nitrogen and oxygen atoms in total. The van der Waals surface area contributed by atoms with E-state index >= 15 is 0 Å². The lowest BCUT2D eigenvalue weighted by atomic mass is 9.87. The first-order chi connectivity index (χ1) is 16.7. The Labute approximate surface area is 199 Å². The second-order valence-corrected chi connectivity index (χ2v) is 7.91. The summed E-state index contributed by atoms with van der Waals surface area (Å²) in [6, 6.07) is 7.24. The van der Waals surface area contributed by atoms with Crippen LogP contribution in [0.3, 0.4) is 0 Å². The molecule has 2 aromatic heterocycles. The number of halogens is 2. The molecular weight excluding hydrogens is 458 g/mol. The number of amides is 1. The fourth-order valence-electron chi connectivity index (χ4n) is 3.58. The van der Waals surface area contributed by atoms with Crippen LogP contribution in [0.15, 0.2) is 80.9 Å². The van der Waals surface area contributed by atoms with Gasteiger partial charge in [0.05, 0.1) is 11.6 Å². The molecule has 0 aromatic carbocycles. The first kappa shape index (κ1) is 23.8. The van der Waals surface area contributed by atoms with Gasteiger partial charge in [0.15, 0.2) is 5.82 Å². The molecule has 0 saturated heterocycles. The number of carbonyl (C=O) groups is 1. The molecule has 0 bridgehead atoms. The molecule has 4 rings (SSSR count). The average Bonchev–Trinajstić information content (AvgIpc) is 2.87. The molecule has 0 radical (unpaired) electrons. The van der Waals surface area contributed by atoms with Gasteiger partial charge in [-0.3, -0.25) is 14.2 Å². The zero-order chi connectivity index (χ0) is 25.2. The Balaban J connectivity index is 1.68. The number of aliphatic imine (C=N–C) groups is 1. The van der Waals surface area contributed by atoms with E-state index in [1.807, 2.05) is 0 Å². The lowest BCUT2D eigenvalue weighted by molar-refractivity contribution is -0.133. The van der Waals surface area contributed by atoms with Crippen molar-refractivity contribution in [1.82, 2.24) is 25.2 Å². The molecule has 1 atom stereocenters. The third-order valence-electron chi connectivity index (χ3n) is 5.69. The van der Waals surface area contributed by atoms with E-state index in [2.05, 4.69) is 37.7 Å². The van der Waals surface area contributed by atoms with E-state index in [-0.39, 0.29) is 41.3 Å². The summed E-state index contributed by atoms with van der Waals surface area (Å²) in [6.07, 6.45) is 4.67. The van der Waals surface area contributed by atoms with Gasteiger partial charge >= 0.3 is 0 Å². The van der Waals surface area contributed by atoms with Crippen LogP contribution in [0.25, 0.3) is 5.82 Å². The van der Waals surface area contributed by atoms with Crippen molar-refractivity contribution >= 4 is 24.1 Å². The molecule has 1 aliphatic carbocycles. The number of carbonyl (C=O) groups excluding carboxylic acids is 1. The van der Waals surface area contributed by atoms with Crippen LogP contribution >= 0.6 is 0 Å². The van der Waals surface area contributed by atoms with E-state index in [0.717, 1.165) is 0 Å². The van der Waals surface area contributed by atoms with Crippen LogP contribution in [-0.4, -0.2) is 52.0 Å². The van der Waals surface area contributed by atoms with Gasteiger partial charge in [-0.05, 0) is 37.6 Å². The summed E-state index contributed by atoms with van der Waals surface area (Å²) in [5.41, 5.74) is -0.108. The molecule has 1 fully saturated rings. The normalized spacial score (nSPS) is 20.1. The van der Waals surface area contributed by atoms with E-state index in [1.165, 1.54) is 16.5 Å². The number of nitrogens with one attached hydrogen (secondary N) is 3. The molecule has 1 amide bonds. The minimum atomic E-state index is -2.93. The van der Waals surface area contributed by atoms with Crippen LogP contribution in [0.1, 0.15) is 19.8 Å². The van der Waals surface area contributed by atoms with Gasteiger partial charge in [0.2, 0.25) is 0 Å². The Morgan fingerprint density at radius 1 is 1.29 bits per heavy atom. The predicted molar refractivity (Wildman–Crippen MR) is 128 cm³/mol. The lowest BCUT2D eigenvalue weighted by Crippen LogP contribution is -2.55. The van der Waals surface area contributed by atoms with Crippen molar-refractivity contribution in [2.24, 2.45) is 10.1 Å². The highest BCUT2D eigenvalue weighted by atomic mass is 19.3. The van der Waals surface area contributed by atoms with Crippen LogP contribution < -0.4 is 21.5 Å². The molecule has 1 saturated carbocycles. The van der Waals surface area contributed by atoms with Gasteiger partial charge < -0.3 is 16.0 Å². The van der Waals surface area contributed by atoms with Crippen LogP contribution in [0, 0.1) is 0 Å². The monoisotopic (exact) mass is 482 g/mol. The largest absolute Gasteiger partial charge is 0.373 e. The lowest BCUT2D eigenvalue weighted by Gasteiger charge is -2.36. The average molecular weight is 482 g/mol. The molecule has 182 valence electrons. The number of anilines is 1. The Morgan fingerprint density at radius 3 is 2.69 bits per heavy atom. The number of hydrogen-bond donors (Lipinski definition) is 3. The molecule has 12 heteroatoms. The van der Waals surface area contributed by atoms with Gasteiger partial charge in [0.1, 0.15) is 23.2 Å². The van der Waals surface area contributed by atoms with E-state index < -0.39 is 17.9 Å². The summed E-state index contributed by atoms with van der Waals surface area (Å²) in [5, 5.41) is 13.4. The van der Waals surface area contributed by atoms with Gasteiger partial charge in [0, 0.05) is 38.7 Å². The third-order valence-corrected chi connectivity index (χ3v) is 5.69. The maximum Gasteiger partial charge on any atom is 0.279 e. The molecule has 35 heavy (non-hydrogen) atoms. The zero-order valence-corrected chi connectivity index (χ0v) is 19.1. The fourth-order valence-corrected chi connectivity index (χ4v) is 3.58. The summed E-state index contributed by atoms with van der Waals surface area (Å²) >= 11 is 0. The van der Waals surface area contributed by atoms with Crippen molar-refractivity contribution in [3.05, 3.63) is 76.4 Å². The summed E-state index contributed by atoms with van der Waals surface area (Å²) < 4.78 is 28.7. The van der Waals surface area contributed by atoms with Crippen LogP contribution in [-0.2, 0) is 4.79 Å². The standard InChI is InChI=1S/C23H24F2N8O2/c1-14(21(34)30-16-9-10-23(16,24)25)20-31-17(13-19(26-2)33(20)27-3)29-15-7-6-12-32(22(15)35)18-8-4-5-11-28-18/h4-8,11-13,16,26H,3,9-10H2,1-2H3,(H,29,31)(H,30,34)/b20-14+/t16-/m0/s1. The van der Waals surface area contributed by atoms with Gasteiger partial charge in [-0.25, -0.2) is 18.8 Å². The van der Waals surface area contributed by atoms with Gasteiger partial charge in [-0.15, -0.1) is 0 Å². The molecule has 0 spiro atoms. The molecule has 3 N–H and O–H groups in total. The van der Waals surface area contributed by atoms with Crippen LogP contribution in [0.5, 0.6) is 0 Å². The number of amidine groups is 1.